The summed E-state index contributed by atoms with van der Waals surface area (Å²) in [4.78, 5) is 7.78. The van der Waals surface area contributed by atoms with Crippen molar-refractivity contribution in [2.24, 2.45) is 0 Å². The van der Waals surface area contributed by atoms with Crippen LogP contribution < -0.4 is 0 Å². The van der Waals surface area contributed by atoms with E-state index >= 15 is 0 Å². The maximum Gasteiger partial charge on any atom is 0.258 e. The largest absolute Gasteiger partial charge is 0.334 e. The molecule has 3 aromatic rings. The van der Waals surface area contributed by atoms with Gasteiger partial charge in [-0.1, -0.05) is 22.8 Å². The molecule has 3 rings (SSSR count). The molecule has 0 radical (unpaired) electrons. The lowest BCUT2D eigenvalue weighted by Gasteiger charge is -1.98. The zero-order chi connectivity index (χ0) is 14.1. The first kappa shape index (κ1) is 12.7. The first-order valence-electron chi connectivity index (χ1n) is 5.55. The molecule has 0 amide bonds. The number of rotatable bonds is 2. The molecule has 2 aromatic heterocycles. The predicted molar refractivity (Wildman–Crippen MR) is 67.9 cm³/mol. The lowest BCUT2D eigenvalue weighted by molar-refractivity contribution is 0.431. The molecule has 0 bridgehead atoms. The van der Waals surface area contributed by atoms with Gasteiger partial charge in [0, 0.05) is 11.8 Å². The average molecular weight is 294 g/mol. The molecule has 0 unspecified atom stereocenters. The standard InChI is InChI=1S/C13H6ClF2N3O/c14-10-6-7(4-5-17-10)13-18-12(19-20-13)11-8(15)2-1-3-9(11)16/h1-6H. The number of benzene rings is 1. The molecule has 2 heterocycles. The number of pyridine rings is 1. The quantitative estimate of drug-likeness (QED) is 0.676. The van der Waals surface area contributed by atoms with Gasteiger partial charge in [0.1, 0.15) is 16.8 Å². The van der Waals surface area contributed by atoms with Crippen molar-refractivity contribution in [2.45, 2.75) is 0 Å². The van der Waals surface area contributed by atoms with E-state index in [0.29, 0.717) is 5.56 Å². The minimum Gasteiger partial charge on any atom is -0.334 e. The lowest BCUT2D eigenvalue weighted by Crippen LogP contribution is -1.91. The van der Waals surface area contributed by atoms with E-state index < -0.39 is 11.6 Å². The van der Waals surface area contributed by atoms with Gasteiger partial charge in [-0.2, -0.15) is 4.98 Å². The summed E-state index contributed by atoms with van der Waals surface area (Å²) < 4.78 is 32.2. The Hall–Kier alpha value is -2.34. The molecular weight excluding hydrogens is 288 g/mol. The van der Waals surface area contributed by atoms with Crippen molar-refractivity contribution in [1.82, 2.24) is 15.1 Å². The molecule has 0 aliphatic rings. The van der Waals surface area contributed by atoms with Crippen LogP contribution in [0.25, 0.3) is 22.8 Å². The Bertz CT molecular complexity index is 756. The van der Waals surface area contributed by atoms with E-state index in [2.05, 4.69) is 15.1 Å². The van der Waals surface area contributed by atoms with Gasteiger partial charge >= 0.3 is 0 Å². The second kappa shape index (κ2) is 4.97. The van der Waals surface area contributed by atoms with Crippen molar-refractivity contribution < 1.29 is 13.3 Å². The van der Waals surface area contributed by atoms with Crippen LogP contribution in [0.4, 0.5) is 8.78 Å². The summed E-state index contributed by atoms with van der Waals surface area (Å²) in [5, 5.41) is 3.83. The van der Waals surface area contributed by atoms with Crippen molar-refractivity contribution in [2.75, 3.05) is 0 Å². The highest BCUT2D eigenvalue weighted by atomic mass is 35.5. The van der Waals surface area contributed by atoms with Crippen LogP contribution in [-0.4, -0.2) is 15.1 Å². The maximum atomic E-state index is 13.6. The molecule has 0 spiro atoms. The molecule has 0 saturated heterocycles. The first-order valence-corrected chi connectivity index (χ1v) is 5.93. The van der Waals surface area contributed by atoms with E-state index in [4.69, 9.17) is 16.1 Å². The summed E-state index contributed by atoms with van der Waals surface area (Å²) in [6.45, 7) is 0. The Morgan fingerprint density at radius 1 is 1.10 bits per heavy atom. The number of aromatic nitrogens is 3. The van der Waals surface area contributed by atoms with Crippen LogP contribution in [0.1, 0.15) is 0 Å². The van der Waals surface area contributed by atoms with Crippen LogP contribution in [-0.2, 0) is 0 Å². The second-order valence-electron chi connectivity index (χ2n) is 3.89. The van der Waals surface area contributed by atoms with Crippen molar-refractivity contribution in [3.63, 3.8) is 0 Å². The van der Waals surface area contributed by atoms with Crippen molar-refractivity contribution in [1.29, 1.82) is 0 Å². The van der Waals surface area contributed by atoms with Crippen LogP contribution in [0.3, 0.4) is 0 Å². The third-order valence-corrected chi connectivity index (χ3v) is 2.79. The molecule has 0 saturated carbocycles. The SMILES string of the molecule is Fc1cccc(F)c1-c1noc(-c2ccnc(Cl)c2)n1. The summed E-state index contributed by atoms with van der Waals surface area (Å²) in [7, 11) is 0. The lowest BCUT2D eigenvalue weighted by atomic mass is 10.2. The third-order valence-electron chi connectivity index (χ3n) is 2.59. The van der Waals surface area contributed by atoms with Crippen molar-refractivity contribution in [3.05, 3.63) is 53.3 Å². The molecular formula is C13H6ClF2N3O. The van der Waals surface area contributed by atoms with Crippen LogP contribution in [0.5, 0.6) is 0 Å². The average Bonchev–Trinajstić information content (AvgIpc) is 2.88. The molecule has 0 N–H and O–H groups in total. The Labute approximate surface area is 117 Å². The van der Waals surface area contributed by atoms with Crippen molar-refractivity contribution in [3.8, 4) is 22.8 Å². The van der Waals surface area contributed by atoms with Gasteiger partial charge in [-0.05, 0) is 24.3 Å². The number of hydrogen-bond acceptors (Lipinski definition) is 4. The molecule has 0 aliphatic carbocycles. The van der Waals surface area contributed by atoms with Gasteiger partial charge in [0.15, 0.2) is 0 Å². The van der Waals surface area contributed by atoms with Crippen LogP contribution >= 0.6 is 11.6 Å². The highest BCUT2D eigenvalue weighted by Crippen LogP contribution is 2.26. The van der Waals surface area contributed by atoms with Crippen LogP contribution in [0.2, 0.25) is 5.15 Å². The topological polar surface area (TPSA) is 51.8 Å². The third kappa shape index (κ3) is 2.25. The fourth-order valence-electron chi connectivity index (χ4n) is 1.69. The zero-order valence-corrected chi connectivity index (χ0v) is 10.6. The van der Waals surface area contributed by atoms with Gasteiger partial charge in [0.25, 0.3) is 5.89 Å². The van der Waals surface area contributed by atoms with Crippen LogP contribution in [0.15, 0.2) is 41.1 Å². The molecule has 1 aromatic carbocycles. The number of halogens is 3. The Morgan fingerprint density at radius 2 is 1.85 bits per heavy atom. The van der Waals surface area contributed by atoms with Crippen molar-refractivity contribution >= 4 is 11.6 Å². The predicted octanol–water partition coefficient (Wildman–Crippen LogP) is 3.73. The van der Waals surface area contributed by atoms with Gasteiger partial charge < -0.3 is 4.52 Å². The fourth-order valence-corrected chi connectivity index (χ4v) is 1.86. The Morgan fingerprint density at radius 3 is 2.55 bits per heavy atom. The van der Waals surface area contributed by atoms with Gasteiger partial charge in [-0.15, -0.1) is 0 Å². The molecule has 0 fully saturated rings. The molecule has 100 valence electrons. The fraction of sp³-hybridized carbons (Fsp3) is 0. The molecule has 0 aliphatic heterocycles. The van der Waals surface area contributed by atoms with Gasteiger partial charge in [-0.25, -0.2) is 13.8 Å². The van der Waals surface area contributed by atoms with E-state index in [0.717, 1.165) is 12.1 Å². The van der Waals surface area contributed by atoms with E-state index in [1.165, 1.54) is 18.3 Å². The number of hydrogen-bond donors (Lipinski definition) is 0. The normalized spacial score (nSPS) is 10.8. The molecule has 4 nitrogen and oxygen atoms in total. The van der Waals surface area contributed by atoms with Gasteiger partial charge in [-0.3, -0.25) is 0 Å². The molecule has 20 heavy (non-hydrogen) atoms. The van der Waals surface area contributed by atoms with Gasteiger partial charge in [0.05, 0.1) is 5.56 Å². The second-order valence-corrected chi connectivity index (χ2v) is 4.27. The summed E-state index contributed by atoms with van der Waals surface area (Å²) in [6, 6.07) is 6.62. The first-order chi connectivity index (χ1) is 9.65. The molecule has 7 heteroatoms. The highest BCUT2D eigenvalue weighted by molar-refractivity contribution is 6.29. The minimum atomic E-state index is -0.759. The minimum absolute atomic E-state index is 0.104. The Balaban J connectivity index is 2.07. The van der Waals surface area contributed by atoms with E-state index in [9.17, 15) is 8.78 Å². The van der Waals surface area contributed by atoms with E-state index in [1.807, 2.05) is 0 Å². The summed E-state index contributed by atoms with van der Waals surface area (Å²) in [5.41, 5.74) is 0.183. The van der Waals surface area contributed by atoms with Crippen LogP contribution in [0, 0.1) is 11.6 Å². The summed E-state index contributed by atoms with van der Waals surface area (Å²) in [5.74, 6) is -1.58. The monoisotopic (exact) mass is 293 g/mol. The number of nitrogens with zero attached hydrogens (tertiary/aromatic N) is 3. The summed E-state index contributed by atoms with van der Waals surface area (Å²) >= 11 is 5.75. The highest BCUT2D eigenvalue weighted by Gasteiger charge is 2.18. The van der Waals surface area contributed by atoms with Gasteiger partial charge in [0.2, 0.25) is 5.82 Å². The van der Waals surface area contributed by atoms with E-state index in [-0.39, 0.29) is 22.4 Å². The summed E-state index contributed by atoms with van der Waals surface area (Å²) in [6.07, 6.45) is 1.46. The van der Waals surface area contributed by atoms with E-state index in [1.54, 1.807) is 6.07 Å². The zero-order valence-electron chi connectivity index (χ0n) is 9.85. The molecule has 0 atom stereocenters. The Kier molecular flexibility index (Phi) is 3.15. The smallest absolute Gasteiger partial charge is 0.258 e. The maximum absolute atomic E-state index is 13.6.